The van der Waals surface area contributed by atoms with Crippen molar-refractivity contribution in [2.45, 2.75) is 13.3 Å². The first-order valence-electron chi connectivity index (χ1n) is 5.37. The highest BCUT2D eigenvalue weighted by atomic mass is 32.1. The van der Waals surface area contributed by atoms with Gasteiger partial charge in [-0.2, -0.15) is 0 Å². The Labute approximate surface area is 98.7 Å². The number of aryl methyl sites for hydroxylation is 1. The minimum Gasteiger partial charge on any atom is -0.493 e. The lowest BCUT2D eigenvalue weighted by Crippen LogP contribution is -1.97. The van der Waals surface area contributed by atoms with E-state index in [4.69, 9.17) is 10.5 Å². The Hall–Kier alpha value is -1.48. The number of para-hydroxylation sites is 1. The second-order valence-corrected chi connectivity index (χ2v) is 5.27. The Balaban J connectivity index is 2.32. The van der Waals surface area contributed by atoms with E-state index in [9.17, 15) is 0 Å². The highest BCUT2D eigenvalue weighted by molar-refractivity contribution is 7.13. The van der Waals surface area contributed by atoms with Gasteiger partial charge in [0.05, 0.1) is 12.3 Å². The molecule has 0 unspecified atom stereocenters. The lowest BCUT2D eigenvalue weighted by atomic mass is 10.0. The minimum atomic E-state index is 0.739. The van der Waals surface area contributed by atoms with Crippen LogP contribution >= 0.6 is 11.3 Å². The molecule has 0 saturated carbocycles. The predicted octanol–water partition coefficient (Wildman–Crippen LogP) is 3.24. The topological polar surface area (TPSA) is 35.2 Å². The Morgan fingerprint density at radius 1 is 1.31 bits per heavy atom. The van der Waals surface area contributed by atoms with Crippen molar-refractivity contribution in [3.63, 3.8) is 0 Å². The van der Waals surface area contributed by atoms with Crippen molar-refractivity contribution in [1.82, 2.24) is 0 Å². The van der Waals surface area contributed by atoms with Gasteiger partial charge >= 0.3 is 0 Å². The summed E-state index contributed by atoms with van der Waals surface area (Å²) in [6.45, 7) is 2.82. The van der Waals surface area contributed by atoms with E-state index in [1.54, 1.807) is 11.3 Å². The summed E-state index contributed by atoms with van der Waals surface area (Å²) in [4.78, 5) is 2.56. The standard InChI is InChI=1S/C13H13NOS/c1-8-13(14)12-9-4-2-3-5-10(9)15-7-6-11(12)16-8/h2-5H,6-7,14H2,1H3. The van der Waals surface area contributed by atoms with E-state index in [2.05, 4.69) is 13.0 Å². The smallest absolute Gasteiger partial charge is 0.127 e. The Morgan fingerprint density at radius 2 is 2.12 bits per heavy atom. The third-order valence-corrected chi connectivity index (χ3v) is 4.13. The molecule has 0 spiro atoms. The summed E-state index contributed by atoms with van der Waals surface area (Å²) < 4.78 is 5.74. The zero-order chi connectivity index (χ0) is 11.1. The molecule has 2 aromatic rings. The van der Waals surface area contributed by atoms with Gasteiger partial charge in [0.15, 0.2) is 0 Å². The first-order chi connectivity index (χ1) is 7.77. The van der Waals surface area contributed by atoms with Gasteiger partial charge in [-0.3, -0.25) is 0 Å². The molecule has 0 fully saturated rings. The van der Waals surface area contributed by atoms with Crippen LogP contribution in [-0.2, 0) is 6.42 Å². The number of nitrogen functional groups attached to an aromatic ring is 1. The second-order valence-electron chi connectivity index (χ2n) is 3.96. The summed E-state index contributed by atoms with van der Waals surface area (Å²) in [6.07, 6.45) is 0.951. The molecule has 16 heavy (non-hydrogen) atoms. The molecule has 2 N–H and O–H groups in total. The van der Waals surface area contributed by atoms with Gasteiger partial charge in [-0.25, -0.2) is 0 Å². The number of ether oxygens (including phenoxy) is 1. The van der Waals surface area contributed by atoms with Gasteiger partial charge in [0.25, 0.3) is 0 Å². The first-order valence-corrected chi connectivity index (χ1v) is 6.19. The summed E-state index contributed by atoms with van der Waals surface area (Å²) in [6, 6.07) is 8.13. The zero-order valence-electron chi connectivity index (χ0n) is 9.12. The fraction of sp³-hybridized carbons (Fsp3) is 0.231. The molecule has 82 valence electrons. The molecule has 1 aliphatic rings. The molecule has 3 heteroatoms. The van der Waals surface area contributed by atoms with Crippen LogP contribution in [0.4, 0.5) is 5.69 Å². The maximum absolute atomic E-state index is 6.16. The molecule has 0 saturated heterocycles. The first kappa shape index (κ1) is 9.73. The minimum absolute atomic E-state index is 0.739. The molecule has 1 aromatic heterocycles. The van der Waals surface area contributed by atoms with Crippen molar-refractivity contribution < 1.29 is 4.74 Å². The average Bonchev–Trinajstić information content (AvgIpc) is 2.49. The van der Waals surface area contributed by atoms with Crippen molar-refractivity contribution in [1.29, 1.82) is 0 Å². The quantitative estimate of drug-likeness (QED) is 0.755. The van der Waals surface area contributed by atoms with Gasteiger partial charge in [-0.05, 0) is 13.0 Å². The summed E-state index contributed by atoms with van der Waals surface area (Å²) in [7, 11) is 0. The lowest BCUT2D eigenvalue weighted by Gasteiger charge is -2.07. The average molecular weight is 231 g/mol. The zero-order valence-corrected chi connectivity index (χ0v) is 9.93. The number of anilines is 1. The van der Waals surface area contributed by atoms with Crippen LogP contribution in [-0.4, -0.2) is 6.61 Å². The molecule has 3 rings (SSSR count). The van der Waals surface area contributed by atoms with Gasteiger partial charge in [-0.1, -0.05) is 18.2 Å². The number of hydrogen-bond acceptors (Lipinski definition) is 3. The number of thiophene rings is 1. The van der Waals surface area contributed by atoms with Gasteiger partial charge < -0.3 is 10.5 Å². The van der Waals surface area contributed by atoms with Crippen molar-refractivity contribution in [2.24, 2.45) is 0 Å². The third-order valence-electron chi connectivity index (χ3n) is 2.95. The van der Waals surface area contributed by atoms with Gasteiger partial charge in [0.2, 0.25) is 0 Å². The molecule has 0 amide bonds. The predicted molar refractivity (Wildman–Crippen MR) is 68.1 cm³/mol. The largest absolute Gasteiger partial charge is 0.493 e. The van der Waals surface area contributed by atoms with Gasteiger partial charge in [0, 0.05) is 27.3 Å². The summed E-state index contributed by atoms with van der Waals surface area (Å²) in [5, 5.41) is 0. The monoisotopic (exact) mass is 231 g/mol. The number of rotatable bonds is 0. The highest BCUT2D eigenvalue weighted by Gasteiger charge is 2.20. The van der Waals surface area contributed by atoms with Crippen molar-refractivity contribution in [3.05, 3.63) is 34.0 Å². The van der Waals surface area contributed by atoms with E-state index in [1.807, 2.05) is 18.2 Å². The van der Waals surface area contributed by atoms with E-state index < -0.39 is 0 Å². The van der Waals surface area contributed by atoms with Gasteiger partial charge in [0.1, 0.15) is 5.75 Å². The van der Waals surface area contributed by atoms with Crippen molar-refractivity contribution in [2.75, 3.05) is 12.3 Å². The summed E-state index contributed by atoms with van der Waals surface area (Å²) in [5.74, 6) is 0.950. The number of nitrogens with two attached hydrogens (primary N) is 1. The molecule has 0 atom stereocenters. The van der Waals surface area contributed by atoms with E-state index in [-0.39, 0.29) is 0 Å². The van der Waals surface area contributed by atoms with Crippen LogP contribution in [0, 0.1) is 6.92 Å². The molecule has 0 aliphatic carbocycles. The summed E-state index contributed by atoms with van der Waals surface area (Å²) >= 11 is 1.79. The summed E-state index contributed by atoms with van der Waals surface area (Å²) in [5.41, 5.74) is 9.40. The highest BCUT2D eigenvalue weighted by Crippen LogP contribution is 2.44. The molecular formula is C13H13NOS. The van der Waals surface area contributed by atoms with Crippen molar-refractivity contribution in [3.8, 4) is 16.9 Å². The molecule has 1 aliphatic heterocycles. The molecule has 0 bridgehead atoms. The number of fused-ring (bicyclic) bond motifs is 3. The maximum atomic E-state index is 6.16. The van der Waals surface area contributed by atoms with Crippen LogP contribution in [0.15, 0.2) is 24.3 Å². The van der Waals surface area contributed by atoms with Crippen LogP contribution in [0.2, 0.25) is 0 Å². The third kappa shape index (κ3) is 1.32. The van der Waals surface area contributed by atoms with Crippen LogP contribution in [0.25, 0.3) is 11.1 Å². The molecule has 2 heterocycles. The van der Waals surface area contributed by atoms with Crippen LogP contribution in [0.5, 0.6) is 5.75 Å². The Kier molecular flexibility index (Phi) is 2.14. The SMILES string of the molecule is Cc1sc2c(c1N)-c1ccccc1OCC2. The van der Waals surface area contributed by atoms with E-state index in [1.165, 1.54) is 15.3 Å². The second kappa shape index (κ2) is 3.52. The van der Waals surface area contributed by atoms with E-state index in [0.717, 1.165) is 30.0 Å². The van der Waals surface area contributed by atoms with E-state index in [0.29, 0.717) is 0 Å². The normalized spacial score (nSPS) is 13.6. The van der Waals surface area contributed by atoms with Crippen LogP contribution < -0.4 is 10.5 Å². The Bertz CT molecular complexity index is 545. The number of hydrogen-bond donors (Lipinski definition) is 1. The Morgan fingerprint density at radius 3 is 3.00 bits per heavy atom. The van der Waals surface area contributed by atoms with E-state index >= 15 is 0 Å². The number of benzene rings is 1. The van der Waals surface area contributed by atoms with Crippen LogP contribution in [0.3, 0.4) is 0 Å². The van der Waals surface area contributed by atoms with Crippen molar-refractivity contribution >= 4 is 17.0 Å². The lowest BCUT2D eigenvalue weighted by molar-refractivity contribution is 0.327. The van der Waals surface area contributed by atoms with Gasteiger partial charge in [-0.15, -0.1) is 11.3 Å². The maximum Gasteiger partial charge on any atom is 0.127 e. The molecular weight excluding hydrogens is 218 g/mol. The molecule has 0 radical (unpaired) electrons. The van der Waals surface area contributed by atoms with Crippen LogP contribution in [0.1, 0.15) is 9.75 Å². The fourth-order valence-corrected chi connectivity index (χ4v) is 3.23. The molecule has 1 aromatic carbocycles. The molecule has 2 nitrogen and oxygen atoms in total. The fourth-order valence-electron chi connectivity index (χ4n) is 2.14.